The molecule has 0 bridgehead atoms. The Kier molecular flexibility index (Phi) is 3.04. The molecular weight excluding hydrogens is 230 g/mol. The number of rotatable bonds is 3. The van der Waals surface area contributed by atoms with Gasteiger partial charge in [0.15, 0.2) is 11.5 Å². The molecule has 1 aliphatic heterocycles. The van der Waals surface area contributed by atoms with Crippen molar-refractivity contribution in [3.63, 3.8) is 0 Å². The van der Waals surface area contributed by atoms with Gasteiger partial charge in [-0.25, -0.2) is 0 Å². The van der Waals surface area contributed by atoms with Gasteiger partial charge in [0.05, 0.1) is 5.60 Å². The van der Waals surface area contributed by atoms with Gasteiger partial charge in [-0.2, -0.15) is 0 Å². The summed E-state index contributed by atoms with van der Waals surface area (Å²) < 4.78 is 10.6. The minimum Gasteiger partial charge on any atom is -0.454 e. The molecule has 0 atom stereocenters. The molecule has 0 amide bonds. The summed E-state index contributed by atoms with van der Waals surface area (Å²) in [4.78, 5) is 0. The minimum atomic E-state index is -0.547. The van der Waals surface area contributed by atoms with Gasteiger partial charge in [-0.3, -0.25) is 0 Å². The van der Waals surface area contributed by atoms with E-state index in [1.807, 2.05) is 18.2 Å². The van der Waals surface area contributed by atoms with Crippen LogP contribution in [0.2, 0.25) is 0 Å². The zero-order chi connectivity index (χ0) is 12.4. The number of benzene rings is 1. The Hall–Kier alpha value is -1.42. The third kappa shape index (κ3) is 2.38. The van der Waals surface area contributed by atoms with E-state index >= 15 is 0 Å². The molecule has 0 radical (unpaired) electrons. The average molecular weight is 249 g/mol. The quantitative estimate of drug-likeness (QED) is 0.864. The number of fused-ring (bicyclic) bond motifs is 1. The van der Waals surface area contributed by atoms with E-state index < -0.39 is 5.60 Å². The summed E-state index contributed by atoms with van der Waals surface area (Å²) in [6.07, 6.45) is 5.28. The van der Waals surface area contributed by atoms with Crippen molar-refractivity contribution in [2.75, 3.05) is 18.7 Å². The van der Waals surface area contributed by atoms with Crippen molar-refractivity contribution in [2.24, 2.45) is 0 Å². The van der Waals surface area contributed by atoms with Crippen LogP contribution < -0.4 is 14.8 Å². The lowest BCUT2D eigenvalue weighted by molar-refractivity contribution is 0.0167. The van der Waals surface area contributed by atoms with E-state index in [1.54, 1.807) is 0 Å². The Morgan fingerprint density at radius 1 is 1.11 bits per heavy atom. The van der Waals surface area contributed by atoms with E-state index in [0.717, 1.165) is 42.9 Å². The third-order valence-electron chi connectivity index (χ3n) is 3.78. The monoisotopic (exact) mass is 249 g/mol. The molecule has 98 valence electrons. The van der Waals surface area contributed by atoms with Crippen LogP contribution in [0.4, 0.5) is 5.69 Å². The molecule has 0 aromatic heterocycles. The second-order valence-electron chi connectivity index (χ2n) is 5.21. The normalized spacial score (nSPS) is 20.7. The Bertz CT molecular complexity index is 427. The Morgan fingerprint density at radius 3 is 2.72 bits per heavy atom. The first kappa shape index (κ1) is 11.7. The minimum absolute atomic E-state index is 0.294. The first-order chi connectivity index (χ1) is 8.75. The van der Waals surface area contributed by atoms with E-state index in [4.69, 9.17) is 9.47 Å². The zero-order valence-electron chi connectivity index (χ0n) is 10.4. The van der Waals surface area contributed by atoms with Gasteiger partial charge in [-0.15, -0.1) is 0 Å². The van der Waals surface area contributed by atoms with Crippen LogP contribution in [0.5, 0.6) is 11.5 Å². The summed E-state index contributed by atoms with van der Waals surface area (Å²) in [5.74, 6) is 1.56. The van der Waals surface area contributed by atoms with Crippen molar-refractivity contribution in [3.05, 3.63) is 18.2 Å². The first-order valence-electron chi connectivity index (χ1n) is 6.61. The Labute approximate surface area is 107 Å². The molecule has 1 fully saturated rings. The summed E-state index contributed by atoms with van der Waals surface area (Å²) >= 11 is 0. The van der Waals surface area contributed by atoms with Crippen LogP contribution in [0.25, 0.3) is 0 Å². The molecule has 3 rings (SSSR count). The molecule has 2 aliphatic rings. The molecule has 4 heteroatoms. The highest BCUT2D eigenvalue weighted by atomic mass is 16.7. The maximum absolute atomic E-state index is 10.4. The predicted octanol–water partition coefficient (Wildman–Crippen LogP) is 2.52. The lowest BCUT2D eigenvalue weighted by Crippen LogP contribution is -2.38. The smallest absolute Gasteiger partial charge is 0.231 e. The molecule has 1 aromatic rings. The van der Waals surface area contributed by atoms with Gasteiger partial charge in [-0.1, -0.05) is 19.3 Å². The number of nitrogens with one attached hydrogen (secondary N) is 1. The Morgan fingerprint density at radius 2 is 1.89 bits per heavy atom. The van der Waals surface area contributed by atoms with E-state index in [1.165, 1.54) is 6.42 Å². The van der Waals surface area contributed by atoms with Crippen LogP contribution in [0, 0.1) is 0 Å². The SMILES string of the molecule is OC1(CNc2ccc3c(c2)OCO3)CCCCC1. The topological polar surface area (TPSA) is 50.7 Å². The summed E-state index contributed by atoms with van der Waals surface area (Å²) in [5, 5.41) is 13.7. The van der Waals surface area contributed by atoms with Gasteiger partial charge in [0.2, 0.25) is 6.79 Å². The van der Waals surface area contributed by atoms with Crippen molar-refractivity contribution in [1.29, 1.82) is 0 Å². The number of aliphatic hydroxyl groups is 1. The van der Waals surface area contributed by atoms with Crippen LogP contribution in [0.1, 0.15) is 32.1 Å². The lowest BCUT2D eigenvalue weighted by Gasteiger charge is -2.32. The maximum Gasteiger partial charge on any atom is 0.231 e. The fraction of sp³-hybridized carbons (Fsp3) is 0.571. The summed E-state index contributed by atoms with van der Waals surface area (Å²) in [7, 11) is 0. The average Bonchev–Trinajstić information content (AvgIpc) is 2.85. The molecule has 18 heavy (non-hydrogen) atoms. The fourth-order valence-corrected chi connectivity index (χ4v) is 2.66. The molecule has 1 aromatic carbocycles. The molecular formula is C14H19NO3. The molecule has 2 N–H and O–H groups in total. The highest BCUT2D eigenvalue weighted by molar-refractivity contribution is 5.55. The van der Waals surface area contributed by atoms with Crippen molar-refractivity contribution >= 4 is 5.69 Å². The second kappa shape index (κ2) is 4.69. The van der Waals surface area contributed by atoms with E-state index in [0.29, 0.717) is 13.3 Å². The maximum atomic E-state index is 10.4. The summed E-state index contributed by atoms with van der Waals surface area (Å²) in [5.41, 5.74) is 0.424. The first-order valence-corrected chi connectivity index (χ1v) is 6.61. The molecule has 1 heterocycles. The fourth-order valence-electron chi connectivity index (χ4n) is 2.66. The lowest BCUT2D eigenvalue weighted by atomic mass is 9.85. The van der Waals surface area contributed by atoms with Gasteiger partial charge in [0, 0.05) is 18.3 Å². The molecule has 0 saturated heterocycles. The van der Waals surface area contributed by atoms with Gasteiger partial charge >= 0.3 is 0 Å². The largest absolute Gasteiger partial charge is 0.454 e. The van der Waals surface area contributed by atoms with E-state index in [2.05, 4.69) is 5.32 Å². The van der Waals surface area contributed by atoms with Gasteiger partial charge in [0.25, 0.3) is 0 Å². The van der Waals surface area contributed by atoms with Gasteiger partial charge in [0.1, 0.15) is 0 Å². The third-order valence-corrected chi connectivity index (χ3v) is 3.78. The highest BCUT2D eigenvalue weighted by Gasteiger charge is 2.28. The van der Waals surface area contributed by atoms with Crippen LogP contribution in [0.15, 0.2) is 18.2 Å². The van der Waals surface area contributed by atoms with Crippen molar-refractivity contribution in [2.45, 2.75) is 37.7 Å². The van der Waals surface area contributed by atoms with Crippen LogP contribution in [0.3, 0.4) is 0 Å². The van der Waals surface area contributed by atoms with Gasteiger partial charge in [-0.05, 0) is 25.0 Å². The zero-order valence-corrected chi connectivity index (χ0v) is 10.4. The standard InChI is InChI=1S/C14H19NO3/c16-14(6-2-1-3-7-14)9-15-11-4-5-12-13(8-11)18-10-17-12/h4-5,8,15-16H,1-3,6-7,9-10H2. The molecule has 1 aliphatic carbocycles. The van der Waals surface area contributed by atoms with Crippen LogP contribution in [-0.2, 0) is 0 Å². The molecule has 1 saturated carbocycles. The Balaban J connectivity index is 1.62. The second-order valence-corrected chi connectivity index (χ2v) is 5.21. The molecule has 0 spiro atoms. The van der Waals surface area contributed by atoms with Crippen molar-refractivity contribution in [1.82, 2.24) is 0 Å². The van der Waals surface area contributed by atoms with Crippen LogP contribution in [-0.4, -0.2) is 24.0 Å². The molecule has 0 unspecified atom stereocenters. The summed E-state index contributed by atoms with van der Waals surface area (Å²) in [6.45, 7) is 0.898. The van der Waals surface area contributed by atoms with Crippen molar-refractivity contribution in [3.8, 4) is 11.5 Å². The summed E-state index contributed by atoms with van der Waals surface area (Å²) in [6, 6.07) is 5.78. The van der Waals surface area contributed by atoms with E-state index in [9.17, 15) is 5.11 Å². The molecule has 4 nitrogen and oxygen atoms in total. The number of ether oxygens (including phenoxy) is 2. The van der Waals surface area contributed by atoms with E-state index in [-0.39, 0.29) is 0 Å². The number of hydrogen-bond donors (Lipinski definition) is 2. The number of anilines is 1. The highest BCUT2D eigenvalue weighted by Crippen LogP contribution is 2.35. The van der Waals surface area contributed by atoms with Crippen LogP contribution >= 0.6 is 0 Å². The van der Waals surface area contributed by atoms with Gasteiger partial charge < -0.3 is 19.9 Å². The number of hydrogen-bond acceptors (Lipinski definition) is 4. The van der Waals surface area contributed by atoms with Crippen molar-refractivity contribution < 1.29 is 14.6 Å². The predicted molar refractivity (Wildman–Crippen MR) is 69.1 cm³/mol.